The van der Waals surface area contributed by atoms with Crippen LogP contribution in [-0.2, 0) is 28.4 Å². The molecule has 0 aromatic heterocycles. The van der Waals surface area contributed by atoms with Crippen LogP contribution in [0.1, 0.15) is 92.4 Å². The van der Waals surface area contributed by atoms with Crippen LogP contribution in [0.2, 0.25) is 0 Å². The molecular formula is C40H68O14. The van der Waals surface area contributed by atoms with Crippen LogP contribution in [0.5, 0.6) is 0 Å². The van der Waals surface area contributed by atoms with E-state index in [-0.39, 0.29) is 40.8 Å². The first-order valence-corrected chi connectivity index (χ1v) is 20.7. The largest absolute Gasteiger partial charge is 0.394 e. The van der Waals surface area contributed by atoms with Gasteiger partial charge in [-0.2, -0.15) is 0 Å². The average molecular weight is 773 g/mol. The quantitative estimate of drug-likeness (QED) is 0.146. The molecule has 312 valence electrons. The van der Waals surface area contributed by atoms with Crippen molar-refractivity contribution in [3.63, 3.8) is 0 Å². The minimum atomic E-state index is -1.73. The van der Waals surface area contributed by atoms with E-state index in [0.717, 1.165) is 51.4 Å². The summed E-state index contributed by atoms with van der Waals surface area (Å²) in [7, 11) is 1.76. The van der Waals surface area contributed by atoms with E-state index in [2.05, 4.69) is 34.6 Å². The fraction of sp³-hybridized carbons (Fsp3) is 1.00. The van der Waals surface area contributed by atoms with Gasteiger partial charge in [-0.15, -0.1) is 0 Å². The molecule has 0 aromatic rings. The topological polar surface area (TPSA) is 217 Å². The Labute approximate surface area is 319 Å². The summed E-state index contributed by atoms with van der Waals surface area (Å²) in [5.41, 5.74) is -0.0141. The van der Waals surface area contributed by atoms with Gasteiger partial charge in [0.1, 0.15) is 48.8 Å². The van der Waals surface area contributed by atoms with Crippen LogP contribution in [0.25, 0.3) is 0 Å². The predicted molar refractivity (Wildman–Crippen MR) is 191 cm³/mol. The van der Waals surface area contributed by atoms with Gasteiger partial charge in [0, 0.05) is 25.4 Å². The summed E-state index contributed by atoms with van der Waals surface area (Å²) in [6.07, 6.45) is -7.60. The van der Waals surface area contributed by atoms with Crippen molar-refractivity contribution in [3.05, 3.63) is 0 Å². The number of methoxy groups -OCH3 is 1. The second-order valence-electron chi connectivity index (χ2n) is 19.0. The molecule has 7 fully saturated rings. The second-order valence-corrected chi connectivity index (χ2v) is 19.0. The smallest absolute Gasteiger partial charge is 0.187 e. The Bertz CT molecular complexity index is 1290. The van der Waals surface area contributed by atoms with Crippen molar-refractivity contribution in [1.29, 1.82) is 0 Å². The van der Waals surface area contributed by atoms with E-state index in [4.69, 9.17) is 28.4 Å². The number of hydrogen-bond acceptors (Lipinski definition) is 14. The second kappa shape index (κ2) is 15.6. The lowest BCUT2D eigenvalue weighted by molar-refractivity contribution is -0.373. The number of fused-ring (bicyclic) bond motifs is 7. The maximum absolute atomic E-state index is 12.2. The standard InChI is InChI=1S/C40H68O14/c1-18(2)9-14-40(49-6)19(3)26-34(54-40)30(45)27-22-8-7-20-15-21(10-12-38(20,4)23(22)11-13-39(26,27)5)50-37-35(32(47)29(44)25(17-42)52-37)53-36-33(48)31(46)28(43)24(16-41)51-36/h18-37,41-48H,7-17H2,1-6H3/t19-,20+,21-,22+,23-,24+,25+,26-,27-,28-,29+,30+,31-,32-,33+,34+,35+,36-,37+,38+,39-,40-/m0/s1. The van der Waals surface area contributed by atoms with Crippen LogP contribution in [0.4, 0.5) is 0 Å². The zero-order valence-corrected chi connectivity index (χ0v) is 32.9. The molecular weight excluding hydrogens is 704 g/mol. The molecule has 0 radical (unpaired) electrons. The molecule has 3 heterocycles. The van der Waals surface area contributed by atoms with Crippen molar-refractivity contribution in [2.24, 2.45) is 52.3 Å². The first-order valence-electron chi connectivity index (χ1n) is 20.7. The Hall–Kier alpha value is -0.560. The van der Waals surface area contributed by atoms with Crippen LogP contribution >= 0.6 is 0 Å². The summed E-state index contributed by atoms with van der Waals surface area (Å²) in [4.78, 5) is 0. The van der Waals surface area contributed by atoms with Gasteiger partial charge in [-0.3, -0.25) is 0 Å². The Morgan fingerprint density at radius 3 is 2.02 bits per heavy atom. The van der Waals surface area contributed by atoms with Crippen molar-refractivity contribution in [2.45, 2.75) is 178 Å². The van der Waals surface area contributed by atoms with Gasteiger partial charge in [0.2, 0.25) is 0 Å². The van der Waals surface area contributed by atoms with Crippen LogP contribution in [-0.4, -0.2) is 147 Å². The molecule has 0 unspecified atom stereocenters. The Balaban J connectivity index is 1.04. The van der Waals surface area contributed by atoms with Crippen molar-refractivity contribution in [2.75, 3.05) is 20.3 Å². The summed E-state index contributed by atoms with van der Waals surface area (Å²) in [5, 5.41) is 84.9. The lowest BCUT2D eigenvalue weighted by Crippen LogP contribution is -2.65. The highest BCUT2D eigenvalue weighted by Gasteiger charge is 2.72. The third kappa shape index (κ3) is 6.64. The SMILES string of the molecule is CO[C@@]1(CCC(C)C)O[C@H]2[C@H](O)[C@@H]3[C@@H]4CC[C@@H]5C[C@@H](O[C@@H]6O[C@H](CO)[C@@H](O)[C@H](O)[C@H]6O[C@@H]6O[C@H](CO)[C@H](O)[C@H](O)[C@H]6O)CC[C@@]5(C)[C@H]4CC[C@@]3(C)[C@H]2[C@@H]1C. The molecule has 4 saturated carbocycles. The fourth-order valence-corrected chi connectivity index (χ4v) is 13.0. The van der Waals surface area contributed by atoms with E-state index in [9.17, 15) is 40.9 Å². The van der Waals surface area contributed by atoms with Gasteiger partial charge in [-0.05, 0) is 91.8 Å². The zero-order valence-electron chi connectivity index (χ0n) is 32.9. The van der Waals surface area contributed by atoms with E-state index in [1.807, 2.05) is 0 Å². The highest BCUT2D eigenvalue weighted by Crippen LogP contribution is 2.71. The number of ether oxygens (including phenoxy) is 6. The van der Waals surface area contributed by atoms with Gasteiger partial charge in [-0.1, -0.05) is 34.6 Å². The minimum Gasteiger partial charge on any atom is -0.394 e. The number of aliphatic hydroxyl groups excluding tert-OH is 8. The van der Waals surface area contributed by atoms with Gasteiger partial charge >= 0.3 is 0 Å². The average Bonchev–Trinajstić information content (AvgIpc) is 3.57. The molecule has 7 aliphatic rings. The van der Waals surface area contributed by atoms with E-state index in [0.29, 0.717) is 30.1 Å². The third-order valence-corrected chi connectivity index (χ3v) is 16.0. The summed E-state index contributed by atoms with van der Waals surface area (Å²) in [6.45, 7) is 10.3. The van der Waals surface area contributed by atoms with Crippen molar-refractivity contribution < 1.29 is 69.3 Å². The molecule has 0 bridgehead atoms. The van der Waals surface area contributed by atoms with Gasteiger partial charge in [-0.25, -0.2) is 0 Å². The van der Waals surface area contributed by atoms with Crippen molar-refractivity contribution >= 4 is 0 Å². The first-order chi connectivity index (χ1) is 25.5. The van der Waals surface area contributed by atoms with E-state index in [1.165, 1.54) is 0 Å². The van der Waals surface area contributed by atoms with E-state index < -0.39 is 86.5 Å². The molecule has 4 aliphatic carbocycles. The molecule has 0 amide bonds. The summed E-state index contributed by atoms with van der Waals surface area (Å²) < 4.78 is 37.0. The fourth-order valence-electron chi connectivity index (χ4n) is 13.0. The van der Waals surface area contributed by atoms with Gasteiger partial charge in [0.25, 0.3) is 0 Å². The lowest BCUT2D eigenvalue weighted by Gasteiger charge is -2.61. The molecule has 3 aliphatic heterocycles. The highest BCUT2D eigenvalue weighted by molar-refractivity contribution is 5.18. The monoisotopic (exact) mass is 772 g/mol. The minimum absolute atomic E-state index is 0.0323. The molecule has 0 spiro atoms. The van der Waals surface area contributed by atoms with Crippen LogP contribution in [0.3, 0.4) is 0 Å². The van der Waals surface area contributed by atoms with Crippen LogP contribution in [0.15, 0.2) is 0 Å². The molecule has 0 aromatic carbocycles. The molecule has 22 atom stereocenters. The van der Waals surface area contributed by atoms with Crippen LogP contribution in [0, 0.1) is 52.3 Å². The normalized spacial score (nSPS) is 55.9. The van der Waals surface area contributed by atoms with E-state index in [1.54, 1.807) is 7.11 Å². The number of hydrogen-bond donors (Lipinski definition) is 8. The van der Waals surface area contributed by atoms with Gasteiger partial charge in [0.05, 0.1) is 31.5 Å². The molecule has 14 heteroatoms. The van der Waals surface area contributed by atoms with Gasteiger partial charge in [0.15, 0.2) is 18.4 Å². The molecule has 8 N–H and O–H groups in total. The summed E-state index contributed by atoms with van der Waals surface area (Å²) >= 11 is 0. The van der Waals surface area contributed by atoms with Crippen LogP contribution < -0.4 is 0 Å². The Kier molecular flexibility index (Phi) is 12.0. The van der Waals surface area contributed by atoms with Crippen molar-refractivity contribution in [1.82, 2.24) is 0 Å². The number of rotatable bonds is 10. The molecule has 54 heavy (non-hydrogen) atoms. The Morgan fingerprint density at radius 2 is 1.37 bits per heavy atom. The maximum Gasteiger partial charge on any atom is 0.187 e. The first kappa shape index (κ1) is 41.6. The maximum atomic E-state index is 12.2. The highest BCUT2D eigenvalue weighted by atomic mass is 16.8. The van der Waals surface area contributed by atoms with Crippen molar-refractivity contribution in [3.8, 4) is 0 Å². The number of aliphatic hydroxyl groups is 8. The third-order valence-electron chi connectivity index (χ3n) is 16.0. The molecule has 7 rings (SSSR count). The predicted octanol–water partition coefficient (Wildman–Crippen LogP) is 1.05. The molecule has 14 nitrogen and oxygen atoms in total. The zero-order chi connectivity index (χ0) is 39.1. The lowest BCUT2D eigenvalue weighted by atomic mass is 9.44. The Morgan fingerprint density at radius 1 is 0.722 bits per heavy atom. The molecule has 3 saturated heterocycles. The van der Waals surface area contributed by atoms with Gasteiger partial charge < -0.3 is 69.3 Å². The van der Waals surface area contributed by atoms with E-state index >= 15 is 0 Å². The summed E-state index contributed by atoms with van der Waals surface area (Å²) in [6, 6.07) is 0. The summed E-state index contributed by atoms with van der Waals surface area (Å²) in [5.74, 6) is 1.58.